The molecule has 4 rings (SSSR count). The average molecular weight is 455 g/mol. The lowest BCUT2D eigenvalue weighted by atomic mass is 10.0. The molecule has 6 nitrogen and oxygen atoms in total. The summed E-state index contributed by atoms with van der Waals surface area (Å²) in [5, 5.41) is 3.16. The molecule has 162 valence electrons. The van der Waals surface area contributed by atoms with Crippen molar-refractivity contribution in [3.05, 3.63) is 68.3 Å². The molecular formula is C23H26N4O2S2. The summed E-state index contributed by atoms with van der Waals surface area (Å²) in [5.74, 6) is 1.12. The van der Waals surface area contributed by atoms with Crippen molar-refractivity contribution in [2.75, 3.05) is 0 Å². The summed E-state index contributed by atoms with van der Waals surface area (Å²) < 4.78 is 3.36. The molecule has 8 heteroatoms. The highest BCUT2D eigenvalue weighted by Crippen LogP contribution is 2.26. The highest BCUT2D eigenvalue weighted by Gasteiger charge is 2.17. The van der Waals surface area contributed by atoms with Crippen LogP contribution in [-0.2, 0) is 5.75 Å². The van der Waals surface area contributed by atoms with Gasteiger partial charge < -0.3 is 0 Å². The molecule has 3 heterocycles. The van der Waals surface area contributed by atoms with E-state index in [1.807, 2.05) is 34.2 Å². The third-order valence-corrected chi connectivity index (χ3v) is 7.07. The number of aromatic nitrogens is 4. The van der Waals surface area contributed by atoms with Crippen molar-refractivity contribution in [2.24, 2.45) is 5.92 Å². The van der Waals surface area contributed by atoms with Crippen LogP contribution in [0.5, 0.6) is 0 Å². The number of nitrogens with zero attached hydrogens (tertiary/aromatic N) is 4. The zero-order valence-electron chi connectivity index (χ0n) is 17.9. The zero-order valence-corrected chi connectivity index (χ0v) is 19.6. The van der Waals surface area contributed by atoms with Gasteiger partial charge in [-0.3, -0.25) is 18.6 Å². The number of benzene rings is 1. The summed E-state index contributed by atoms with van der Waals surface area (Å²) in [5.41, 5.74) is 1.29. The van der Waals surface area contributed by atoms with Crippen LogP contribution >= 0.6 is 23.1 Å². The molecule has 3 aromatic heterocycles. The summed E-state index contributed by atoms with van der Waals surface area (Å²) in [6, 6.07) is 9.08. The summed E-state index contributed by atoms with van der Waals surface area (Å²) in [7, 11) is 0. The van der Waals surface area contributed by atoms with Crippen LogP contribution in [0.1, 0.15) is 51.8 Å². The molecule has 0 spiro atoms. The van der Waals surface area contributed by atoms with Crippen LogP contribution in [0.3, 0.4) is 0 Å². The Morgan fingerprint density at radius 1 is 1.10 bits per heavy atom. The van der Waals surface area contributed by atoms with Gasteiger partial charge in [0.05, 0.1) is 16.6 Å². The maximum atomic E-state index is 13.3. The smallest absolute Gasteiger partial charge is 0.262 e. The molecular weight excluding hydrogens is 428 g/mol. The second-order valence-corrected chi connectivity index (χ2v) is 10.0. The Balaban J connectivity index is 1.67. The SMILES string of the molecule is CC(C)CCCC(C)n1c(SCc2cc(=O)n3ccsc3n2)nc2ccccc2c1=O. The van der Waals surface area contributed by atoms with E-state index < -0.39 is 0 Å². The monoisotopic (exact) mass is 454 g/mol. The minimum absolute atomic E-state index is 0.00751. The van der Waals surface area contributed by atoms with E-state index in [4.69, 9.17) is 4.98 Å². The molecule has 0 saturated heterocycles. The number of rotatable bonds is 8. The van der Waals surface area contributed by atoms with Crippen LogP contribution in [0.2, 0.25) is 0 Å². The van der Waals surface area contributed by atoms with Crippen LogP contribution in [0, 0.1) is 5.92 Å². The van der Waals surface area contributed by atoms with E-state index in [-0.39, 0.29) is 17.2 Å². The van der Waals surface area contributed by atoms with Gasteiger partial charge in [-0.25, -0.2) is 9.97 Å². The number of para-hydroxylation sites is 1. The predicted molar refractivity (Wildman–Crippen MR) is 128 cm³/mol. The number of thiazole rings is 1. The largest absolute Gasteiger partial charge is 0.284 e. The molecule has 0 fully saturated rings. The number of hydrogen-bond donors (Lipinski definition) is 0. The van der Waals surface area contributed by atoms with E-state index in [9.17, 15) is 9.59 Å². The fourth-order valence-electron chi connectivity index (χ4n) is 3.67. The number of thioether (sulfide) groups is 1. The summed E-state index contributed by atoms with van der Waals surface area (Å²) in [4.78, 5) is 35.7. The molecule has 1 aromatic carbocycles. The molecule has 0 bridgehead atoms. The van der Waals surface area contributed by atoms with Gasteiger partial charge in [-0.05, 0) is 31.4 Å². The van der Waals surface area contributed by atoms with Gasteiger partial charge in [-0.2, -0.15) is 0 Å². The first-order chi connectivity index (χ1) is 14.9. The molecule has 4 aromatic rings. The van der Waals surface area contributed by atoms with Gasteiger partial charge in [0.25, 0.3) is 11.1 Å². The molecule has 0 saturated carbocycles. The molecule has 0 amide bonds. The first-order valence-corrected chi connectivity index (χ1v) is 12.4. The minimum atomic E-state index is -0.0900. The maximum Gasteiger partial charge on any atom is 0.262 e. The van der Waals surface area contributed by atoms with E-state index in [0.29, 0.717) is 38.4 Å². The molecule has 0 N–H and O–H groups in total. The molecule has 0 aliphatic carbocycles. The third-order valence-electron chi connectivity index (χ3n) is 5.32. The molecule has 0 aliphatic rings. The maximum absolute atomic E-state index is 13.3. The minimum Gasteiger partial charge on any atom is -0.284 e. The molecule has 31 heavy (non-hydrogen) atoms. The van der Waals surface area contributed by atoms with Crippen molar-refractivity contribution >= 4 is 39.0 Å². The summed E-state index contributed by atoms with van der Waals surface area (Å²) >= 11 is 2.90. The van der Waals surface area contributed by atoms with Crippen molar-refractivity contribution < 1.29 is 0 Å². The number of hydrogen-bond acceptors (Lipinski definition) is 6. The fourth-order valence-corrected chi connectivity index (χ4v) is 5.40. The van der Waals surface area contributed by atoms with Crippen molar-refractivity contribution in [3.63, 3.8) is 0 Å². The second-order valence-electron chi connectivity index (χ2n) is 8.19. The fraction of sp³-hybridized carbons (Fsp3) is 0.391. The molecule has 0 aliphatic heterocycles. The normalized spacial score (nSPS) is 12.8. The van der Waals surface area contributed by atoms with Crippen molar-refractivity contribution in [3.8, 4) is 0 Å². The van der Waals surface area contributed by atoms with E-state index in [2.05, 4.69) is 25.8 Å². The predicted octanol–water partition coefficient (Wildman–Crippen LogP) is 5.15. The van der Waals surface area contributed by atoms with E-state index in [1.54, 1.807) is 16.7 Å². The first kappa shape index (κ1) is 21.8. The summed E-state index contributed by atoms with van der Waals surface area (Å²) in [6.07, 6.45) is 4.85. The number of fused-ring (bicyclic) bond motifs is 2. The van der Waals surface area contributed by atoms with Gasteiger partial charge in [0.1, 0.15) is 0 Å². The van der Waals surface area contributed by atoms with Gasteiger partial charge in [-0.1, -0.05) is 50.6 Å². The average Bonchev–Trinajstić information content (AvgIpc) is 3.21. The van der Waals surface area contributed by atoms with E-state index in [0.717, 1.165) is 19.3 Å². The van der Waals surface area contributed by atoms with Gasteiger partial charge in [0.2, 0.25) is 0 Å². The summed E-state index contributed by atoms with van der Waals surface area (Å²) in [6.45, 7) is 6.52. The van der Waals surface area contributed by atoms with Gasteiger partial charge in [-0.15, -0.1) is 11.3 Å². The molecule has 0 radical (unpaired) electrons. The van der Waals surface area contributed by atoms with E-state index in [1.165, 1.54) is 23.1 Å². The van der Waals surface area contributed by atoms with Crippen molar-refractivity contribution in [1.82, 2.24) is 18.9 Å². The zero-order chi connectivity index (χ0) is 22.0. The van der Waals surface area contributed by atoms with E-state index >= 15 is 0 Å². The Bertz CT molecular complexity index is 1320. The van der Waals surface area contributed by atoms with Gasteiger partial charge in [0.15, 0.2) is 10.1 Å². The Kier molecular flexibility index (Phi) is 6.57. The lowest BCUT2D eigenvalue weighted by Gasteiger charge is -2.20. The standard InChI is InChI=1S/C23H26N4O2S2/c1-15(2)7-6-8-16(3)27-21(29)18-9-4-5-10-19(18)25-23(27)31-14-17-13-20(28)26-11-12-30-22(26)24-17/h4-5,9-13,15-16H,6-8,14H2,1-3H3. The Hall–Kier alpha value is -2.45. The lowest BCUT2D eigenvalue weighted by Crippen LogP contribution is -2.26. The van der Waals surface area contributed by atoms with Crippen LogP contribution in [0.25, 0.3) is 15.9 Å². The highest BCUT2D eigenvalue weighted by atomic mass is 32.2. The van der Waals surface area contributed by atoms with Crippen LogP contribution in [0.4, 0.5) is 0 Å². The Morgan fingerprint density at radius 3 is 2.71 bits per heavy atom. The molecule has 1 unspecified atom stereocenters. The second kappa shape index (κ2) is 9.36. The Labute approximate surface area is 189 Å². The van der Waals surface area contributed by atoms with Gasteiger partial charge in [0, 0.05) is 29.4 Å². The third kappa shape index (κ3) is 4.75. The topological polar surface area (TPSA) is 69.3 Å². The first-order valence-electron chi connectivity index (χ1n) is 10.5. The van der Waals surface area contributed by atoms with Crippen molar-refractivity contribution in [2.45, 2.75) is 57.0 Å². The lowest BCUT2D eigenvalue weighted by molar-refractivity contribution is 0.414. The van der Waals surface area contributed by atoms with Gasteiger partial charge >= 0.3 is 0 Å². The van der Waals surface area contributed by atoms with Crippen molar-refractivity contribution in [1.29, 1.82) is 0 Å². The molecule has 1 atom stereocenters. The van der Waals surface area contributed by atoms with Crippen LogP contribution < -0.4 is 11.1 Å². The Morgan fingerprint density at radius 2 is 1.90 bits per heavy atom. The highest BCUT2D eigenvalue weighted by molar-refractivity contribution is 7.98. The van der Waals surface area contributed by atoms with Crippen LogP contribution in [-0.4, -0.2) is 18.9 Å². The quantitative estimate of drug-likeness (QED) is 0.272. The van der Waals surface area contributed by atoms with Crippen LogP contribution in [0.15, 0.2) is 56.7 Å².